The van der Waals surface area contributed by atoms with Gasteiger partial charge in [-0.05, 0) is 57.5 Å². The van der Waals surface area contributed by atoms with Gasteiger partial charge in [-0.15, -0.1) is 0 Å². The molecule has 10 nitrogen and oxygen atoms in total. The van der Waals surface area contributed by atoms with E-state index in [1.54, 1.807) is 12.3 Å². The van der Waals surface area contributed by atoms with Gasteiger partial charge in [0.2, 0.25) is 0 Å². The Morgan fingerprint density at radius 1 is 1.24 bits per heavy atom. The van der Waals surface area contributed by atoms with Crippen LogP contribution in [-0.2, 0) is 6.54 Å². The zero-order valence-corrected chi connectivity index (χ0v) is 21.7. The van der Waals surface area contributed by atoms with Crippen molar-refractivity contribution in [1.82, 2.24) is 25.6 Å². The number of carbonyl (C=O) groups is 1. The van der Waals surface area contributed by atoms with Crippen molar-refractivity contribution in [3.05, 3.63) is 68.8 Å². The standard InChI is InChI=1S/C27H34N8O2/c1-16(2)32-24-21(14-28)20(26(36)31-15-22-17(3)12-18(4)33-27(22)37)13-23(34-24)19-6-5-7-30-25(19)35-10-8-29-9-11-35/h5-7,12-14,16,28-29H,8-11,15H2,1-4H3,(H,31,36)(H,32,34)(H,33,37). The van der Waals surface area contributed by atoms with Gasteiger partial charge < -0.3 is 31.2 Å². The fourth-order valence-electron chi connectivity index (χ4n) is 4.50. The van der Waals surface area contributed by atoms with Gasteiger partial charge in [0.25, 0.3) is 11.5 Å². The number of carbonyl (C=O) groups excluding carboxylic acids is 1. The average Bonchev–Trinajstić information content (AvgIpc) is 2.87. The van der Waals surface area contributed by atoms with Crippen molar-refractivity contribution in [3.63, 3.8) is 0 Å². The number of nitrogens with one attached hydrogen (secondary N) is 5. The van der Waals surface area contributed by atoms with Crippen molar-refractivity contribution < 1.29 is 4.79 Å². The molecule has 4 rings (SSSR count). The van der Waals surface area contributed by atoms with Crippen LogP contribution in [0.4, 0.5) is 11.6 Å². The Morgan fingerprint density at radius 3 is 2.68 bits per heavy atom. The molecule has 0 saturated carbocycles. The molecule has 4 heterocycles. The maximum atomic E-state index is 13.5. The summed E-state index contributed by atoms with van der Waals surface area (Å²) in [7, 11) is 0. The van der Waals surface area contributed by atoms with Crippen LogP contribution in [0.15, 0.2) is 35.3 Å². The Hall–Kier alpha value is -4.05. The predicted octanol–water partition coefficient (Wildman–Crippen LogP) is 2.61. The summed E-state index contributed by atoms with van der Waals surface area (Å²) in [5.41, 5.74) is 3.94. The summed E-state index contributed by atoms with van der Waals surface area (Å²) in [5.74, 6) is 0.871. The SMILES string of the molecule is Cc1cc(C)c(CNC(=O)c2cc(-c3cccnc3N3CCNCC3)nc(NC(C)C)c2C=N)c(=O)[nH]1. The molecule has 0 aromatic carbocycles. The maximum absolute atomic E-state index is 13.5. The molecule has 1 aliphatic rings. The molecule has 37 heavy (non-hydrogen) atoms. The van der Waals surface area contributed by atoms with Crippen LogP contribution < -0.4 is 26.4 Å². The number of piperazine rings is 1. The van der Waals surface area contributed by atoms with Crippen molar-refractivity contribution in [2.45, 2.75) is 40.3 Å². The number of amides is 1. The molecule has 0 aliphatic carbocycles. The van der Waals surface area contributed by atoms with Crippen LogP contribution >= 0.6 is 0 Å². The molecule has 0 atom stereocenters. The van der Waals surface area contributed by atoms with Crippen LogP contribution in [0.2, 0.25) is 0 Å². The fraction of sp³-hybridized carbons (Fsp3) is 0.370. The van der Waals surface area contributed by atoms with Gasteiger partial charge in [-0.2, -0.15) is 0 Å². The van der Waals surface area contributed by atoms with Crippen LogP contribution in [0.3, 0.4) is 0 Å². The summed E-state index contributed by atoms with van der Waals surface area (Å²) in [6.45, 7) is 11.1. The largest absolute Gasteiger partial charge is 0.367 e. The topological polar surface area (TPSA) is 139 Å². The zero-order valence-electron chi connectivity index (χ0n) is 21.7. The van der Waals surface area contributed by atoms with Gasteiger partial charge in [-0.3, -0.25) is 9.59 Å². The van der Waals surface area contributed by atoms with Crippen LogP contribution in [0.1, 0.15) is 46.6 Å². The third-order valence-electron chi connectivity index (χ3n) is 6.27. The second-order valence-corrected chi connectivity index (χ2v) is 9.50. The number of rotatable bonds is 8. The highest BCUT2D eigenvalue weighted by Crippen LogP contribution is 2.31. The lowest BCUT2D eigenvalue weighted by Crippen LogP contribution is -2.44. The minimum absolute atomic E-state index is 0.0349. The van der Waals surface area contributed by atoms with Crippen LogP contribution in [0.25, 0.3) is 11.3 Å². The monoisotopic (exact) mass is 502 g/mol. The highest BCUT2D eigenvalue weighted by atomic mass is 16.1. The number of H-pyrrole nitrogens is 1. The van der Waals surface area contributed by atoms with E-state index in [2.05, 4.69) is 30.8 Å². The third kappa shape index (κ3) is 5.86. The summed E-state index contributed by atoms with van der Waals surface area (Å²) < 4.78 is 0. The first kappa shape index (κ1) is 26.0. The molecule has 5 N–H and O–H groups in total. The molecule has 10 heteroatoms. The molecule has 0 radical (unpaired) electrons. The molecule has 1 saturated heterocycles. The van der Waals surface area contributed by atoms with Crippen molar-refractivity contribution in [1.29, 1.82) is 5.41 Å². The first-order valence-corrected chi connectivity index (χ1v) is 12.5. The maximum Gasteiger partial charge on any atom is 0.253 e. The number of nitrogens with zero attached hydrogens (tertiary/aromatic N) is 3. The molecule has 3 aromatic heterocycles. The van der Waals surface area contributed by atoms with Crippen LogP contribution in [0.5, 0.6) is 0 Å². The number of pyridine rings is 3. The average molecular weight is 503 g/mol. The molecule has 1 aliphatic heterocycles. The molecule has 194 valence electrons. The minimum atomic E-state index is -0.388. The number of aryl methyl sites for hydroxylation is 2. The van der Waals surface area contributed by atoms with E-state index in [-0.39, 0.29) is 24.1 Å². The van der Waals surface area contributed by atoms with Crippen molar-refractivity contribution in [3.8, 4) is 11.3 Å². The molecule has 0 bridgehead atoms. The minimum Gasteiger partial charge on any atom is -0.367 e. The van der Waals surface area contributed by atoms with Gasteiger partial charge in [0, 0.05) is 73.6 Å². The highest BCUT2D eigenvalue weighted by molar-refractivity contribution is 6.05. The first-order valence-electron chi connectivity index (χ1n) is 12.5. The quantitative estimate of drug-likeness (QED) is 0.298. The van der Waals surface area contributed by atoms with E-state index in [0.717, 1.165) is 55.0 Å². The van der Waals surface area contributed by atoms with Gasteiger partial charge in [0.1, 0.15) is 11.6 Å². The van der Waals surface area contributed by atoms with Gasteiger partial charge in [0.05, 0.1) is 11.3 Å². The number of aromatic amines is 1. The molecular weight excluding hydrogens is 468 g/mol. The zero-order chi connectivity index (χ0) is 26.5. The van der Waals surface area contributed by atoms with E-state index < -0.39 is 0 Å². The summed E-state index contributed by atoms with van der Waals surface area (Å²) in [6, 6.07) is 7.42. The first-order chi connectivity index (χ1) is 17.8. The molecule has 0 spiro atoms. The van der Waals surface area contributed by atoms with Crippen LogP contribution in [0, 0.1) is 19.3 Å². The summed E-state index contributed by atoms with van der Waals surface area (Å²) in [5, 5.41) is 17.6. The van der Waals surface area contributed by atoms with Gasteiger partial charge in [-0.25, -0.2) is 9.97 Å². The third-order valence-corrected chi connectivity index (χ3v) is 6.27. The van der Waals surface area contributed by atoms with Crippen molar-refractivity contribution in [2.75, 3.05) is 36.4 Å². The molecule has 1 fully saturated rings. The number of aromatic nitrogens is 3. The van der Waals surface area contributed by atoms with E-state index in [1.807, 2.05) is 45.9 Å². The predicted molar refractivity (Wildman–Crippen MR) is 147 cm³/mol. The molecule has 0 unspecified atom stereocenters. The lowest BCUT2D eigenvalue weighted by atomic mass is 10.0. The lowest BCUT2D eigenvalue weighted by Gasteiger charge is -2.30. The van der Waals surface area contributed by atoms with E-state index in [9.17, 15) is 9.59 Å². The second kappa shape index (κ2) is 11.3. The Kier molecular flexibility index (Phi) is 7.98. The Morgan fingerprint density at radius 2 is 2.00 bits per heavy atom. The Balaban J connectivity index is 1.76. The lowest BCUT2D eigenvalue weighted by molar-refractivity contribution is 0.0950. The molecule has 3 aromatic rings. The Bertz CT molecular complexity index is 1360. The normalized spacial score (nSPS) is 13.5. The fourth-order valence-corrected chi connectivity index (χ4v) is 4.50. The van der Waals surface area contributed by atoms with Gasteiger partial charge in [0.15, 0.2) is 0 Å². The second-order valence-electron chi connectivity index (χ2n) is 9.50. The highest BCUT2D eigenvalue weighted by Gasteiger charge is 2.22. The van der Waals surface area contributed by atoms with Gasteiger partial charge in [-0.1, -0.05) is 0 Å². The summed E-state index contributed by atoms with van der Waals surface area (Å²) >= 11 is 0. The molecular formula is C27H34N8O2. The summed E-state index contributed by atoms with van der Waals surface area (Å²) in [6.07, 6.45) is 2.90. The summed E-state index contributed by atoms with van der Waals surface area (Å²) in [4.78, 5) is 40.4. The van der Waals surface area contributed by atoms with E-state index in [4.69, 9.17) is 10.4 Å². The van der Waals surface area contributed by atoms with Gasteiger partial charge >= 0.3 is 0 Å². The Labute approximate surface area is 216 Å². The van der Waals surface area contributed by atoms with E-state index in [1.165, 1.54) is 0 Å². The van der Waals surface area contributed by atoms with Crippen molar-refractivity contribution >= 4 is 23.8 Å². The van der Waals surface area contributed by atoms with Crippen LogP contribution in [-0.4, -0.2) is 59.3 Å². The smallest absolute Gasteiger partial charge is 0.253 e. The van der Waals surface area contributed by atoms with E-state index >= 15 is 0 Å². The number of anilines is 2. The number of hydrogen-bond acceptors (Lipinski definition) is 8. The van der Waals surface area contributed by atoms with Crippen molar-refractivity contribution in [2.24, 2.45) is 0 Å². The molecule has 1 amide bonds. The number of hydrogen-bond donors (Lipinski definition) is 5. The van der Waals surface area contributed by atoms with E-state index in [0.29, 0.717) is 28.2 Å².